The molecule has 19 heteroatoms. The van der Waals surface area contributed by atoms with Crippen LogP contribution in [-0.4, -0.2) is 89.5 Å². The number of aliphatic hydroxyl groups is 2. The largest absolute Gasteiger partial charge is 0.510 e. The van der Waals surface area contributed by atoms with Crippen LogP contribution in [0.5, 0.6) is 0 Å². The van der Waals surface area contributed by atoms with Crippen molar-refractivity contribution in [3.8, 4) is 0 Å². The van der Waals surface area contributed by atoms with E-state index in [1.807, 2.05) is 4.98 Å². The Morgan fingerprint density at radius 3 is 2.17 bits per heavy atom. The first-order chi connectivity index (χ1) is 16.8. The van der Waals surface area contributed by atoms with Gasteiger partial charge in [-0.25, -0.2) is 32.4 Å². The maximum absolute atomic E-state index is 14.2. The summed E-state index contributed by atoms with van der Waals surface area (Å²) < 4.78 is 65.4. The summed E-state index contributed by atoms with van der Waals surface area (Å²) in [6.07, 6.45) is -5.23. The summed E-state index contributed by atoms with van der Waals surface area (Å²) in [5, 5.41) is 22.3. The lowest BCUT2D eigenvalue weighted by Gasteiger charge is -2.33. The molecule has 36 heavy (non-hydrogen) atoms. The van der Waals surface area contributed by atoms with Gasteiger partial charge in [-0.1, -0.05) is 0 Å². The number of aromatic amines is 1. The predicted octanol–water partition coefficient (Wildman–Crippen LogP) is -0.723. The van der Waals surface area contributed by atoms with Gasteiger partial charge in [0.25, 0.3) is 5.56 Å². The van der Waals surface area contributed by atoms with Crippen molar-refractivity contribution >= 4 is 20.1 Å². The number of ether oxygens (including phenoxy) is 5. The third-order valence-corrected chi connectivity index (χ3v) is 6.90. The van der Waals surface area contributed by atoms with E-state index in [4.69, 9.17) is 18.3 Å². The smallest absolute Gasteiger partial charge is 0.438 e. The van der Waals surface area contributed by atoms with Crippen LogP contribution in [0, 0.1) is 0 Å². The quantitative estimate of drug-likeness (QED) is 0.188. The van der Waals surface area contributed by atoms with Crippen LogP contribution >= 0.6 is 7.82 Å². The van der Waals surface area contributed by atoms with E-state index in [2.05, 4.69) is 18.9 Å². The summed E-state index contributed by atoms with van der Waals surface area (Å²) in [5.74, 6) is 0. The number of phosphoric acid groups is 1. The molecule has 1 aliphatic carbocycles. The Balaban J connectivity index is 1.85. The number of methoxy groups -OCH3 is 2. The van der Waals surface area contributed by atoms with Crippen molar-refractivity contribution in [2.24, 2.45) is 0 Å². The summed E-state index contributed by atoms with van der Waals surface area (Å²) in [7, 11) is -3.03. The number of carbonyl (C=O) groups excluding carboxylic acids is 2. The van der Waals surface area contributed by atoms with E-state index in [-0.39, 0.29) is 0 Å². The Morgan fingerprint density at radius 1 is 1.17 bits per heavy atom. The van der Waals surface area contributed by atoms with Crippen LogP contribution in [0.1, 0.15) is 13.2 Å². The van der Waals surface area contributed by atoms with Gasteiger partial charge in [-0.2, -0.15) is 0 Å². The lowest BCUT2D eigenvalue weighted by molar-refractivity contribution is -0.168. The second-order valence-electron chi connectivity index (χ2n) is 7.55. The van der Waals surface area contributed by atoms with Crippen LogP contribution in [0.25, 0.3) is 0 Å². The molecule has 3 N–H and O–H groups in total. The topological polar surface area (TPSA) is 220 Å². The highest BCUT2D eigenvalue weighted by molar-refractivity contribution is 7.48. The van der Waals surface area contributed by atoms with Gasteiger partial charge in [-0.05, 0) is 6.92 Å². The zero-order valence-electron chi connectivity index (χ0n) is 18.9. The number of aromatic nitrogens is 2. The van der Waals surface area contributed by atoms with E-state index in [1.165, 1.54) is 0 Å². The van der Waals surface area contributed by atoms with Crippen molar-refractivity contribution in [3.63, 3.8) is 0 Å². The molecule has 2 aliphatic rings. The molecule has 0 amide bonds. The van der Waals surface area contributed by atoms with E-state index >= 15 is 0 Å². The van der Waals surface area contributed by atoms with Gasteiger partial charge in [0.15, 0.2) is 17.4 Å². The zero-order chi connectivity index (χ0) is 26.9. The number of hydrogen-bond acceptors (Lipinski definition) is 15. The highest BCUT2D eigenvalue weighted by atomic mass is 31.2. The maximum atomic E-state index is 14.2. The molecule has 1 aliphatic heterocycles. The number of halogens is 1. The Labute approximate surface area is 200 Å². The van der Waals surface area contributed by atoms with Crippen molar-refractivity contribution in [2.75, 3.05) is 34.5 Å². The molecule has 202 valence electrons. The fourth-order valence-corrected chi connectivity index (χ4v) is 4.87. The van der Waals surface area contributed by atoms with Gasteiger partial charge >= 0.3 is 25.8 Å². The SMILES string of the molecule is COC(=O)OCOP(=O)(OCOC(=O)OC)O[C@H]1[C@]2(O)[C@@](C)(O)[C@H](n3ccc(=O)[nH]c3=O)O[C@]12CF. The van der Waals surface area contributed by atoms with Crippen molar-refractivity contribution < 1.29 is 66.0 Å². The molecular weight excluding hydrogens is 522 g/mol. The molecule has 1 aromatic heterocycles. The van der Waals surface area contributed by atoms with E-state index in [0.29, 0.717) is 4.57 Å². The van der Waals surface area contributed by atoms with E-state index in [1.54, 1.807) is 0 Å². The molecule has 0 bridgehead atoms. The van der Waals surface area contributed by atoms with Crippen LogP contribution in [0.15, 0.2) is 21.9 Å². The number of nitrogens with one attached hydrogen (secondary N) is 1. The summed E-state index contributed by atoms with van der Waals surface area (Å²) in [6, 6.07) is 0.920. The molecule has 1 saturated carbocycles. The first kappa shape index (κ1) is 27.7. The molecule has 0 aromatic carbocycles. The van der Waals surface area contributed by atoms with Crippen molar-refractivity contribution in [1.82, 2.24) is 9.55 Å². The molecule has 2 heterocycles. The number of fused-ring (bicyclic) bond motifs is 1. The lowest BCUT2D eigenvalue weighted by Crippen LogP contribution is -2.51. The first-order valence-electron chi connectivity index (χ1n) is 9.81. The van der Waals surface area contributed by atoms with Gasteiger partial charge in [-0.3, -0.25) is 18.9 Å². The molecule has 5 atom stereocenters. The van der Waals surface area contributed by atoms with Crippen LogP contribution in [0.3, 0.4) is 0 Å². The molecule has 17 nitrogen and oxygen atoms in total. The minimum Gasteiger partial charge on any atom is -0.438 e. The fraction of sp³-hybridized carbons (Fsp3) is 0.647. The summed E-state index contributed by atoms with van der Waals surface area (Å²) in [4.78, 5) is 47.6. The molecule has 3 rings (SSSR count). The highest BCUT2D eigenvalue weighted by Gasteiger charge is 2.93. The summed E-state index contributed by atoms with van der Waals surface area (Å²) in [6.45, 7) is -2.75. The van der Waals surface area contributed by atoms with Crippen LogP contribution in [0.2, 0.25) is 0 Å². The average molecular weight is 544 g/mol. The second-order valence-corrected chi connectivity index (χ2v) is 9.17. The Kier molecular flexibility index (Phi) is 7.62. The van der Waals surface area contributed by atoms with Crippen LogP contribution in [0.4, 0.5) is 14.0 Å². The Hall–Kier alpha value is -2.86. The number of hydrogen-bond donors (Lipinski definition) is 3. The molecule has 1 aromatic rings. The third kappa shape index (κ3) is 4.52. The normalized spacial score (nSPS) is 30.8. The Morgan fingerprint density at radius 2 is 1.72 bits per heavy atom. The van der Waals surface area contributed by atoms with Gasteiger partial charge in [-0.15, -0.1) is 0 Å². The zero-order valence-corrected chi connectivity index (χ0v) is 19.8. The molecular formula is C17H22FN2O15P. The van der Waals surface area contributed by atoms with E-state index in [9.17, 15) is 38.3 Å². The monoisotopic (exact) mass is 544 g/mol. The van der Waals surface area contributed by atoms with Crippen LogP contribution in [-0.2, 0) is 41.8 Å². The van der Waals surface area contributed by atoms with Gasteiger partial charge < -0.3 is 33.9 Å². The van der Waals surface area contributed by atoms with E-state index < -0.39 is 80.8 Å². The summed E-state index contributed by atoms with van der Waals surface area (Å²) in [5.41, 5.74) is -9.34. The molecule has 0 spiro atoms. The number of rotatable bonds is 10. The lowest BCUT2D eigenvalue weighted by atomic mass is 9.94. The fourth-order valence-electron chi connectivity index (χ4n) is 3.73. The predicted molar refractivity (Wildman–Crippen MR) is 107 cm³/mol. The highest BCUT2D eigenvalue weighted by Crippen LogP contribution is 2.71. The maximum Gasteiger partial charge on any atom is 0.510 e. The third-order valence-electron chi connectivity index (χ3n) is 5.58. The van der Waals surface area contributed by atoms with Crippen molar-refractivity contribution in [1.29, 1.82) is 0 Å². The van der Waals surface area contributed by atoms with Crippen molar-refractivity contribution in [2.45, 2.75) is 36.1 Å². The Bertz CT molecular complexity index is 1140. The average Bonchev–Trinajstić information content (AvgIpc) is 3.27. The standard InChI is InChI=1S/C17H22FN2O15P/c1-15(25)11(20-5-4-9(21)19-12(20)22)34-16(6-18)10(17(15,16)26)35-36(27,32-7-30-13(23)28-2)33-8-31-14(24)29-3/h4-5,10-11,25-26H,6-8H2,1-3H3,(H,19,21,22)/t10-,11-,15+,16-,17+/m1/s1. The van der Waals surface area contributed by atoms with Gasteiger partial charge in [0.05, 0.1) is 14.2 Å². The second kappa shape index (κ2) is 9.89. The number of carbonyl (C=O) groups is 2. The van der Waals surface area contributed by atoms with Gasteiger partial charge in [0.1, 0.15) is 18.4 Å². The van der Waals surface area contributed by atoms with E-state index in [0.717, 1.165) is 33.4 Å². The number of phosphoric ester groups is 1. The molecule has 0 radical (unpaired) electrons. The minimum atomic E-state index is -4.96. The van der Waals surface area contributed by atoms with Gasteiger partial charge in [0, 0.05) is 12.3 Å². The molecule has 0 unspecified atom stereocenters. The van der Waals surface area contributed by atoms with Crippen LogP contribution < -0.4 is 11.2 Å². The minimum absolute atomic E-state index is 0.695. The first-order valence-corrected chi connectivity index (χ1v) is 11.3. The number of H-pyrrole nitrogens is 1. The molecule has 2 fully saturated rings. The number of alkyl halides is 1. The van der Waals surface area contributed by atoms with Gasteiger partial charge in [0.2, 0.25) is 13.6 Å². The number of nitrogens with zero attached hydrogens (tertiary/aromatic N) is 1. The molecule has 1 saturated heterocycles. The van der Waals surface area contributed by atoms with Crippen molar-refractivity contribution in [3.05, 3.63) is 33.1 Å². The summed E-state index contributed by atoms with van der Waals surface area (Å²) >= 11 is 0.